The quantitative estimate of drug-likeness (QED) is 0.839. The lowest BCUT2D eigenvalue weighted by molar-refractivity contribution is -0.150. The molecule has 0 radical (unpaired) electrons. The summed E-state index contributed by atoms with van der Waals surface area (Å²) in [6, 6.07) is -0.0127. The Balaban J connectivity index is 1.98. The Hall–Kier alpha value is -0.910. The van der Waals surface area contributed by atoms with Crippen LogP contribution < -0.4 is 5.32 Å². The summed E-state index contributed by atoms with van der Waals surface area (Å²) in [6.07, 6.45) is 7.50. The summed E-state index contributed by atoms with van der Waals surface area (Å²) in [5, 5.41) is 13.1. The predicted molar refractivity (Wildman–Crippen MR) is 80.1 cm³/mol. The van der Waals surface area contributed by atoms with Crippen LogP contribution in [-0.4, -0.2) is 51.6 Å². The van der Waals surface area contributed by atoms with E-state index in [1.807, 2.05) is 11.8 Å². The molecule has 20 heavy (non-hydrogen) atoms. The molecule has 2 rings (SSSR count). The van der Waals surface area contributed by atoms with Crippen molar-refractivity contribution in [3.8, 4) is 0 Å². The van der Waals surface area contributed by atoms with Crippen LogP contribution in [-0.2, 0) is 4.79 Å². The predicted octanol–water partition coefficient (Wildman–Crippen LogP) is 2.31. The summed E-state index contributed by atoms with van der Waals surface area (Å²) in [5.74, 6) is -0.902. The van der Waals surface area contributed by atoms with E-state index in [9.17, 15) is 14.7 Å². The minimum Gasteiger partial charge on any atom is -0.480 e. The van der Waals surface area contributed by atoms with E-state index in [1.54, 1.807) is 6.92 Å². The number of amides is 2. The third kappa shape index (κ3) is 3.05. The van der Waals surface area contributed by atoms with Gasteiger partial charge in [-0.15, -0.1) is 0 Å². The van der Waals surface area contributed by atoms with Gasteiger partial charge in [-0.3, -0.25) is 0 Å². The molecule has 1 aliphatic carbocycles. The lowest BCUT2D eigenvalue weighted by Gasteiger charge is -2.41. The van der Waals surface area contributed by atoms with Gasteiger partial charge in [0.05, 0.1) is 0 Å². The summed E-state index contributed by atoms with van der Waals surface area (Å²) in [4.78, 5) is 25.4. The van der Waals surface area contributed by atoms with Gasteiger partial charge in [0.15, 0.2) is 0 Å². The molecule has 3 unspecified atom stereocenters. The van der Waals surface area contributed by atoms with Crippen LogP contribution in [0.3, 0.4) is 0 Å². The topological polar surface area (TPSA) is 69.6 Å². The second kappa shape index (κ2) is 6.24. The number of rotatable bonds is 3. The summed E-state index contributed by atoms with van der Waals surface area (Å²) in [7, 11) is 0. The molecule has 0 aromatic heterocycles. The number of nitrogens with zero attached hydrogens (tertiary/aromatic N) is 1. The number of hydrogen-bond donors (Lipinski definition) is 2. The van der Waals surface area contributed by atoms with Gasteiger partial charge < -0.3 is 15.3 Å². The molecule has 1 heterocycles. The lowest BCUT2D eigenvalue weighted by Crippen LogP contribution is -2.60. The second-order valence-electron chi connectivity index (χ2n) is 6.00. The van der Waals surface area contributed by atoms with Gasteiger partial charge in [0.1, 0.15) is 5.54 Å². The smallest absolute Gasteiger partial charge is 0.329 e. The van der Waals surface area contributed by atoms with Crippen LogP contribution in [0.1, 0.15) is 45.4 Å². The van der Waals surface area contributed by atoms with E-state index in [2.05, 4.69) is 11.6 Å². The van der Waals surface area contributed by atoms with Gasteiger partial charge in [0.25, 0.3) is 0 Å². The van der Waals surface area contributed by atoms with Gasteiger partial charge in [0, 0.05) is 17.8 Å². The van der Waals surface area contributed by atoms with Crippen LogP contribution in [0.25, 0.3) is 0 Å². The molecule has 2 aliphatic rings. The van der Waals surface area contributed by atoms with Crippen LogP contribution in [0, 0.1) is 0 Å². The first-order valence-electron chi connectivity index (χ1n) is 7.31. The minimum atomic E-state index is -1.06. The van der Waals surface area contributed by atoms with Crippen molar-refractivity contribution in [2.45, 2.75) is 62.3 Å². The van der Waals surface area contributed by atoms with E-state index < -0.39 is 11.5 Å². The number of carboxylic acid groups (broad SMARTS) is 1. The zero-order valence-electron chi connectivity index (χ0n) is 12.2. The largest absolute Gasteiger partial charge is 0.480 e. The maximum atomic E-state index is 12.4. The maximum Gasteiger partial charge on any atom is 0.329 e. The lowest BCUT2D eigenvalue weighted by atomic mass is 9.89. The molecule has 2 fully saturated rings. The number of aliphatic carboxylic acids is 1. The molecule has 1 aliphatic heterocycles. The third-order valence-corrected chi connectivity index (χ3v) is 5.74. The van der Waals surface area contributed by atoms with E-state index >= 15 is 0 Å². The Labute approximate surface area is 124 Å². The molecule has 6 heteroatoms. The normalized spacial score (nSPS) is 34.0. The summed E-state index contributed by atoms with van der Waals surface area (Å²) in [5.41, 5.74) is -1.06. The van der Waals surface area contributed by atoms with E-state index in [1.165, 1.54) is 4.90 Å². The Morgan fingerprint density at radius 3 is 2.70 bits per heavy atom. The highest BCUT2D eigenvalue weighted by molar-refractivity contribution is 7.99. The van der Waals surface area contributed by atoms with Crippen LogP contribution >= 0.6 is 11.8 Å². The van der Waals surface area contributed by atoms with Crippen molar-refractivity contribution in [2.24, 2.45) is 0 Å². The fourth-order valence-electron chi connectivity index (χ4n) is 3.21. The molecule has 0 aromatic carbocycles. The van der Waals surface area contributed by atoms with Crippen molar-refractivity contribution >= 4 is 23.8 Å². The average Bonchev–Trinajstić information content (AvgIpc) is 2.86. The van der Waals surface area contributed by atoms with Crippen molar-refractivity contribution in [3.05, 3.63) is 0 Å². The average molecular weight is 300 g/mol. The first kappa shape index (κ1) is 15.5. The molecule has 2 N–H and O–H groups in total. The minimum absolute atomic E-state index is 0.194. The van der Waals surface area contributed by atoms with Gasteiger partial charge in [-0.1, -0.05) is 0 Å². The Morgan fingerprint density at radius 2 is 2.10 bits per heavy atom. The molecule has 114 valence electrons. The van der Waals surface area contributed by atoms with Crippen molar-refractivity contribution in [1.82, 2.24) is 10.2 Å². The van der Waals surface area contributed by atoms with Crippen LogP contribution in [0.5, 0.6) is 0 Å². The van der Waals surface area contributed by atoms with Crippen LogP contribution in [0.2, 0.25) is 0 Å². The number of nitrogens with one attached hydrogen (secondary N) is 1. The van der Waals surface area contributed by atoms with Crippen molar-refractivity contribution < 1.29 is 14.7 Å². The molecule has 0 aromatic rings. The number of likely N-dealkylation sites (tertiary alicyclic amines) is 1. The number of hydrogen-bond acceptors (Lipinski definition) is 3. The monoisotopic (exact) mass is 300 g/mol. The maximum absolute atomic E-state index is 12.4. The molecular formula is C14H24N2O3S. The molecule has 5 nitrogen and oxygen atoms in total. The Kier molecular flexibility index (Phi) is 4.83. The zero-order valence-corrected chi connectivity index (χ0v) is 13.0. The van der Waals surface area contributed by atoms with Crippen molar-refractivity contribution in [2.75, 3.05) is 12.8 Å². The number of urea groups is 1. The van der Waals surface area contributed by atoms with Crippen molar-refractivity contribution in [1.29, 1.82) is 0 Å². The fourth-order valence-corrected chi connectivity index (χ4v) is 4.00. The highest BCUT2D eigenvalue weighted by atomic mass is 32.2. The Morgan fingerprint density at radius 1 is 1.35 bits per heavy atom. The molecule has 3 atom stereocenters. The van der Waals surface area contributed by atoms with Gasteiger partial charge in [-0.25, -0.2) is 9.59 Å². The first-order chi connectivity index (χ1) is 9.47. The summed E-state index contributed by atoms with van der Waals surface area (Å²) >= 11 is 1.84. The summed E-state index contributed by atoms with van der Waals surface area (Å²) < 4.78 is 0. The van der Waals surface area contributed by atoms with E-state index in [-0.39, 0.29) is 12.1 Å². The van der Waals surface area contributed by atoms with Crippen LogP contribution in [0.15, 0.2) is 0 Å². The third-order valence-electron chi connectivity index (χ3n) is 4.64. The molecule has 2 amide bonds. The molecule has 0 spiro atoms. The summed E-state index contributed by atoms with van der Waals surface area (Å²) in [6.45, 7) is 2.20. The van der Waals surface area contributed by atoms with Crippen molar-refractivity contribution in [3.63, 3.8) is 0 Å². The number of carboxylic acids is 1. The van der Waals surface area contributed by atoms with E-state index in [4.69, 9.17) is 0 Å². The highest BCUT2D eigenvalue weighted by Crippen LogP contribution is 2.31. The van der Waals surface area contributed by atoms with Gasteiger partial charge in [0.2, 0.25) is 0 Å². The SMILES string of the molecule is CSC1CCC(NC(=O)N2CCCCC2(C)C(=O)O)C1. The number of thioether (sulfide) groups is 1. The zero-order chi connectivity index (χ0) is 14.8. The van der Waals surface area contributed by atoms with E-state index in [0.29, 0.717) is 18.2 Å². The van der Waals surface area contributed by atoms with Gasteiger partial charge in [-0.05, 0) is 51.7 Å². The number of piperidine rings is 1. The number of carbonyl (C=O) groups excluding carboxylic acids is 1. The molecular weight excluding hydrogens is 276 g/mol. The fraction of sp³-hybridized carbons (Fsp3) is 0.857. The van der Waals surface area contributed by atoms with Crippen LogP contribution in [0.4, 0.5) is 4.79 Å². The second-order valence-corrected chi connectivity index (χ2v) is 7.14. The molecule has 1 saturated carbocycles. The molecule has 0 bridgehead atoms. The highest BCUT2D eigenvalue weighted by Gasteiger charge is 2.44. The van der Waals surface area contributed by atoms with E-state index in [0.717, 1.165) is 32.1 Å². The van der Waals surface area contributed by atoms with Gasteiger partial charge >= 0.3 is 12.0 Å². The number of carbonyl (C=O) groups is 2. The standard InChI is InChI=1S/C14H24N2O3S/c1-14(12(17)18)7-3-4-8-16(14)13(19)15-10-5-6-11(9-10)20-2/h10-11H,3-9H2,1-2H3,(H,15,19)(H,17,18). The van der Waals surface area contributed by atoms with Gasteiger partial charge in [-0.2, -0.15) is 11.8 Å². The first-order valence-corrected chi connectivity index (χ1v) is 8.60. The molecule has 1 saturated heterocycles. The Bertz CT molecular complexity index is 391.